The summed E-state index contributed by atoms with van der Waals surface area (Å²) in [7, 11) is 0. The first kappa shape index (κ1) is 22.5. The lowest BCUT2D eigenvalue weighted by atomic mass is 10.1. The van der Waals surface area contributed by atoms with Gasteiger partial charge in [0.15, 0.2) is 5.76 Å². The summed E-state index contributed by atoms with van der Waals surface area (Å²) >= 11 is 0. The number of ketones is 1. The number of hydrogen-bond donors (Lipinski definition) is 2. The summed E-state index contributed by atoms with van der Waals surface area (Å²) in [6, 6.07) is 16.9. The molecule has 0 atom stereocenters. The number of anilines is 4. The Hall–Kier alpha value is -4.31. The number of rotatable bonds is 8. The number of aromatic nitrogens is 3. The largest absolute Gasteiger partial charge is 0.489 e. The molecule has 0 radical (unpaired) electrons. The lowest BCUT2D eigenvalue weighted by Gasteiger charge is -2.27. The minimum Gasteiger partial charge on any atom is -0.489 e. The van der Waals surface area contributed by atoms with Gasteiger partial charge in [0.1, 0.15) is 0 Å². The fraction of sp³-hybridized carbons (Fsp3) is 0.240. The van der Waals surface area contributed by atoms with Crippen LogP contribution < -0.4 is 15.6 Å². The summed E-state index contributed by atoms with van der Waals surface area (Å²) in [4.78, 5) is 28.0. The van der Waals surface area contributed by atoms with E-state index in [0.717, 1.165) is 17.7 Å². The van der Waals surface area contributed by atoms with E-state index in [2.05, 4.69) is 35.7 Å². The normalized spacial score (nSPS) is 15.5. The van der Waals surface area contributed by atoms with Crippen molar-refractivity contribution in [2.24, 2.45) is 5.10 Å². The Balaban J connectivity index is 1.30. The number of hydrazone groups is 1. The van der Waals surface area contributed by atoms with Crippen molar-refractivity contribution in [3.63, 3.8) is 0 Å². The van der Waals surface area contributed by atoms with E-state index in [0.29, 0.717) is 62.1 Å². The third-order valence-corrected chi connectivity index (χ3v) is 5.43. The maximum Gasteiger partial charge on any atom is 0.250 e. The Morgan fingerprint density at radius 2 is 1.71 bits per heavy atom. The van der Waals surface area contributed by atoms with E-state index in [1.165, 1.54) is 0 Å². The van der Waals surface area contributed by atoms with Crippen molar-refractivity contribution < 1.29 is 14.3 Å². The first-order valence-corrected chi connectivity index (χ1v) is 11.4. The number of hydrogen-bond acceptors (Lipinski definition) is 10. The van der Waals surface area contributed by atoms with Crippen LogP contribution in [0.25, 0.3) is 0 Å². The lowest BCUT2D eigenvalue weighted by Crippen LogP contribution is -2.37. The molecule has 0 aliphatic carbocycles. The Morgan fingerprint density at radius 1 is 0.943 bits per heavy atom. The van der Waals surface area contributed by atoms with Crippen molar-refractivity contribution in [2.75, 3.05) is 48.6 Å². The molecule has 3 heterocycles. The summed E-state index contributed by atoms with van der Waals surface area (Å²) in [5.41, 5.74) is 5.16. The van der Waals surface area contributed by atoms with Gasteiger partial charge in [-0.15, -0.1) is 0 Å². The first-order valence-electron chi connectivity index (χ1n) is 11.4. The molecule has 5 rings (SSSR count). The fourth-order valence-corrected chi connectivity index (χ4v) is 3.63. The number of carbonyl (C=O) groups is 1. The summed E-state index contributed by atoms with van der Waals surface area (Å²) in [6.07, 6.45) is 4.23. The molecule has 0 amide bonds. The van der Waals surface area contributed by atoms with Crippen LogP contribution in [-0.4, -0.2) is 59.9 Å². The van der Waals surface area contributed by atoms with Crippen LogP contribution in [0.1, 0.15) is 22.3 Å². The summed E-state index contributed by atoms with van der Waals surface area (Å²) in [6.45, 7) is 3.20. The molecule has 2 aromatic carbocycles. The van der Waals surface area contributed by atoms with E-state index in [9.17, 15) is 4.79 Å². The van der Waals surface area contributed by atoms with E-state index in [-0.39, 0.29) is 5.78 Å². The van der Waals surface area contributed by atoms with Crippen LogP contribution in [0.3, 0.4) is 0 Å². The highest BCUT2D eigenvalue weighted by molar-refractivity contribution is 6.07. The van der Waals surface area contributed by atoms with Crippen molar-refractivity contribution >= 4 is 35.5 Å². The lowest BCUT2D eigenvalue weighted by molar-refractivity contribution is 0.0942. The zero-order chi connectivity index (χ0) is 23.9. The van der Waals surface area contributed by atoms with Gasteiger partial charge in [0, 0.05) is 30.8 Å². The molecule has 1 fully saturated rings. The molecule has 1 saturated heterocycles. The van der Waals surface area contributed by atoms with Gasteiger partial charge in [-0.05, 0) is 23.8 Å². The summed E-state index contributed by atoms with van der Waals surface area (Å²) in [5.74, 6) is 1.58. The zero-order valence-corrected chi connectivity index (χ0v) is 19.1. The van der Waals surface area contributed by atoms with Gasteiger partial charge in [-0.3, -0.25) is 4.79 Å². The Bertz CT molecular complexity index is 1220. The molecule has 2 aliphatic rings. The highest BCUT2D eigenvalue weighted by Gasteiger charge is 2.18. The number of para-hydroxylation sites is 1. The van der Waals surface area contributed by atoms with Gasteiger partial charge in [-0.2, -0.15) is 20.1 Å². The number of nitrogens with zero attached hydrogens (tertiary/aromatic N) is 5. The van der Waals surface area contributed by atoms with Crippen LogP contribution in [0.2, 0.25) is 0 Å². The average molecular weight is 472 g/mol. The number of carbonyl (C=O) groups excluding carboxylic acids is 1. The van der Waals surface area contributed by atoms with Gasteiger partial charge in [0.2, 0.25) is 23.6 Å². The number of allylic oxidation sites excluding steroid dienone is 1. The molecular weight excluding hydrogens is 446 g/mol. The number of nitrogens with one attached hydrogen (secondary N) is 2. The van der Waals surface area contributed by atoms with E-state index in [1.54, 1.807) is 18.3 Å². The number of benzene rings is 2. The molecule has 0 unspecified atom stereocenters. The predicted molar refractivity (Wildman–Crippen MR) is 133 cm³/mol. The number of Topliss-reactive ketones (excluding diaryl/α,β-unsaturated/α-hetero) is 1. The fourth-order valence-electron chi connectivity index (χ4n) is 3.63. The van der Waals surface area contributed by atoms with Crippen molar-refractivity contribution in [2.45, 2.75) is 6.42 Å². The van der Waals surface area contributed by atoms with Gasteiger partial charge in [-0.25, -0.2) is 5.43 Å². The quantitative estimate of drug-likeness (QED) is 0.290. The van der Waals surface area contributed by atoms with Gasteiger partial charge in [0.25, 0.3) is 0 Å². The molecule has 10 nitrogen and oxygen atoms in total. The second-order valence-electron chi connectivity index (χ2n) is 7.90. The maximum atomic E-state index is 12.4. The minimum atomic E-state index is -0.108. The van der Waals surface area contributed by atoms with E-state index in [1.807, 2.05) is 48.5 Å². The Labute approximate surface area is 202 Å². The molecule has 0 spiro atoms. The molecule has 3 aromatic rings. The standard InChI is InChI=1S/C25H25N7O3/c33-22(21-7-4-14-35-21)19-10-8-18(9-11-19)17-26-31-24-28-23(27-20-5-2-1-3-6-20)29-25(30-24)32-12-15-34-16-13-32/h1-3,5-11,17H,4,12-16H2,(H2,27,28,29,30,31)/b26-17+. The van der Waals surface area contributed by atoms with Crippen molar-refractivity contribution in [1.29, 1.82) is 0 Å². The van der Waals surface area contributed by atoms with E-state index < -0.39 is 0 Å². The third kappa shape index (κ3) is 5.79. The molecular formula is C25H25N7O3. The molecule has 2 aliphatic heterocycles. The van der Waals surface area contributed by atoms with E-state index in [4.69, 9.17) is 9.47 Å². The SMILES string of the molecule is O=C(C1=CCCO1)c1ccc(/C=N/Nc2nc(Nc3ccccc3)nc(N3CCOCC3)n2)cc1. The van der Waals surface area contributed by atoms with Crippen molar-refractivity contribution in [3.8, 4) is 0 Å². The second-order valence-corrected chi connectivity index (χ2v) is 7.90. The maximum absolute atomic E-state index is 12.4. The van der Waals surface area contributed by atoms with Crippen LogP contribution >= 0.6 is 0 Å². The molecule has 178 valence electrons. The van der Waals surface area contributed by atoms with Gasteiger partial charge in [-0.1, -0.05) is 42.5 Å². The molecule has 0 bridgehead atoms. The Morgan fingerprint density at radius 3 is 2.46 bits per heavy atom. The van der Waals surface area contributed by atoms with Gasteiger partial charge >= 0.3 is 0 Å². The van der Waals surface area contributed by atoms with Crippen LogP contribution in [0.4, 0.5) is 23.5 Å². The third-order valence-electron chi connectivity index (χ3n) is 5.43. The zero-order valence-electron chi connectivity index (χ0n) is 19.1. The minimum absolute atomic E-state index is 0.108. The molecule has 0 saturated carbocycles. The Kier molecular flexibility index (Phi) is 6.90. The summed E-state index contributed by atoms with van der Waals surface area (Å²) < 4.78 is 10.8. The van der Waals surface area contributed by atoms with E-state index >= 15 is 0 Å². The van der Waals surface area contributed by atoms with Crippen LogP contribution in [0, 0.1) is 0 Å². The molecule has 1 aromatic heterocycles. The van der Waals surface area contributed by atoms with Crippen LogP contribution in [-0.2, 0) is 9.47 Å². The smallest absolute Gasteiger partial charge is 0.250 e. The summed E-state index contributed by atoms with van der Waals surface area (Å²) in [5, 5.41) is 7.49. The molecule has 10 heteroatoms. The van der Waals surface area contributed by atoms with Crippen molar-refractivity contribution in [1.82, 2.24) is 15.0 Å². The van der Waals surface area contributed by atoms with Crippen LogP contribution in [0.5, 0.6) is 0 Å². The van der Waals surface area contributed by atoms with Crippen molar-refractivity contribution in [3.05, 3.63) is 77.6 Å². The second kappa shape index (κ2) is 10.7. The van der Waals surface area contributed by atoms with Crippen LogP contribution in [0.15, 0.2) is 71.5 Å². The first-order chi connectivity index (χ1) is 17.2. The topological polar surface area (TPSA) is 114 Å². The van der Waals surface area contributed by atoms with Gasteiger partial charge < -0.3 is 19.7 Å². The molecule has 2 N–H and O–H groups in total. The monoisotopic (exact) mass is 471 g/mol. The number of morpholine rings is 1. The molecule has 35 heavy (non-hydrogen) atoms. The average Bonchev–Trinajstić information content (AvgIpc) is 3.45. The highest BCUT2D eigenvalue weighted by Crippen LogP contribution is 2.19. The predicted octanol–water partition coefficient (Wildman–Crippen LogP) is 3.38. The number of ether oxygens (including phenoxy) is 2. The highest BCUT2D eigenvalue weighted by atomic mass is 16.5. The van der Waals surface area contributed by atoms with Gasteiger partial charge in [0.05, 0.1) is 26.0 Å².